The van der Waals surface area contributed by atoms with E-state index in [1.807, 2.05) is 137 Å². The van der Waals surface area contributed by atoms with Crippen molar-refractivity contribution in [3.05, 3.63) is 144 Å². The maximum absolute atomic E-state index is 13.4. The summed E-state index contributed by atoms with van der Waals surface area (Å²) >= 11 is 0. The maximum atomic E-state index is 13.4. The second kappa shape index (κ2) is 19.8. The highest BCUT2D eigenvalue weighted by Gasteiger charge is 2.45. The Morgan fingerprint density at radius 3 is 1.15 bits per heavy atom. The van der Waals surface area contributed by atoms with E-state index >= 15 is 0 Å². The summed E-state index contributed by atoms with van der Waals surface area (Å²) in [4.78, 5) is 26.7. The van der Waals surface area contributed by atoms with Gasteiger partial charge < -0.3 is 18.9 Å². The molecule has 0 saturated heterocycles. The fraction of sp³-hybridized carbons (Fsp3) is 0.381. The molecule has 0 unspecified atom stereocenters. The topological polar surface area (TPSA) is 71.1 Å². The van der Waals surface area contributed by atoms with Crippen molar-refractivity contribution in [2.45, 2.75) is 91.0 Å². The van der Waals surface area contributed by atoms with E-state index in [-0.39, 0.29) is 23.8 Å². The SMILES string of the molecule is CC(C)OC(OC(C)C)(C(=O)c1ccccc1)c1ccccc1.CCCCOC(OCCCC)(C(=O)c1ccccc1)c1ccccc1. The fourth-order valence-electron chi connectivity index (χ4n) is 5.13. The zero-order valence-corrected chi connectivity index (χ0v) is 29.4. The van der Waals surface area contributed by atoms with Gasteiger partial charge in [-0.25, -0.2) is 0 Å². The van der Waals surface area contributed by atoms with Crippen LogP contribution in [-0.4, -0.2) is 37.0 Å². The van der Waals surface area contributed by atoms with Gasteiger partial charge in [-0.1, -0.05) is 148 Å². The van der Waals surface area contributed by atoms with Gasteiger partial charge in [-0.2, -0.15) is 0 Å². The van der Waals surface area contributed by atoms with Gasteiger partial charge in [0.1, 0.15) is 0 Å². The molecular weight excluding hydrogens is 600 g/mol. The minimum Gasteiger partial charge on any atom is -0.340 e. The Bertz CT molecular complexity index is 1450. The standard InChI is InChI=1S/C22H28O3.C20H24O3/c1-3-5-17-24-22(25-18-6-4-2,20-15-11-8-12-16-20)21(23)19-13-9-7-10-14-19;1-15(2)22-20(23-16(3)4,18-13-9-6-10-14-18)19(21)17-11-7-5-8-12-17/h7-16H,3-6,17-18H2,1-2H3;5-16H,1-4H3. The van der Waals surface area contributed by atoms with Gasteiger partial charge in [-0.05, 0) is 40.5 Å². The summed E-state index contributed by atoms with van der Waals surface area (Å²) < 4.78 is 24.5. The summed E-state index contributed by atoms with van der Waals surface area (Å²) in [6.07, 6.45) is 3.43. The quantitative estimate of drug-likeness (QED) is 0.0605. The zero-order valence-electron chi connectivity index (χ0n) is 29.4. The van der Waals surface area contributed by atoms with Crippen LogP contribution in [0.1, 0.15) is 99.1 Å². The van der Waals surface area contributed by atoms with Crippen molar-refractivity contribution in [1.82, 2.24) is 0 Å². The lowest BCUT2D eigenvalue weighted by Gasteiger charge is -2.36. The molecule has 6 heteroatoms. The second-order valence-corrected chi connectivity index (χ2v) is 12.1. The van der Waals surface area contributed by atoms with Crippen molar-refractivity contribution in [2.75, 3.05) is 13.2 Å². The monoisotopic (exact) mass is 652 g/mol. The summed E-state index contributed by atoms with van der Waals surface area (Å²) in [5, 5.41) is 0. The first-order valence-corrected chi connectivity index (χ1v) is 17.1. The van der Waals surface area contributed by atoms with Crippen molar-refractivity contribution < 1.29 is 28.5 Å². The van der Waals surface area contributed by atoms with E-state index in [0.29, 0.717) is 29.9 Å². The largest absolute Gasteiger partial charge is 0.340 e. The Hall–Kier alpha value is -3.94. The molecule has 0 atom stereocenters. The number of hydrogen-bond donors (Lipinski definition) is 0. The van der Waals surface area contributed by atoms with Crippen LogP contribution < -0.4 is 0 Å². The van der Waals surface area contributed by atoms with Gasteiger partial charge in [-0.15, -0.1) is 0 Å². The van der Waals surface area contributed by atoms with Crippen LogP contribution in [0.2, 0.25) is 0 Å². The van der Waals surface area contributed by atoms with Crippen LogP contribution in [0, 0.1) is 0 Å². The molecule has 0 aromatic heterocycles. The van der Waals surface area contributed by atoms with Gasteiger partial charge in [0.15, 0.2) is 0 Å². The number of unbranched alkanes of at least 4 members (excludes halogenated alkanes) is 2. The summed E-state index contributed by atoms with van der Waals surface area (Å²) in [6.45, 7) is 12.8. The minimum absolute atomic E-state index is 0.147. The molecule has 0 heterocycles. The third-order valence-corrected chi connectivity index (χ3v) is 7.39. The van der Waals surface area contributed by atoms with Crippen LogP contribution in [0.3, 0.4) is 0 Å². The highest BCUT2D eigenvalue weighted by Crippen LogP contribution is 2.35. The van der Waals surface area contributed by atoms with Crippen molar-refractivity contribution in [1.29, 1.82) is 0 Å². The third-order valence-electron chi connectivity index (χ3n) is 7.39. The van der Waals surface area contributed by atoms with Gasteiger partial charge in [0.2, 0.25) is 11.6 Å². The van der Waals surface area contributed by atoms with Crippen LogP contribution in [0.25, 0.3) is 0 Å². The lowest BCUT2D eigenvalue weighted by atomic mass is 9.95. The molecule has 0 aliphatic heterocycles. The molecule has 4 aromatic carbocycles. The molecular formula is C42H52O6. The van der Waals surface area contributed by atoms with Gasteiger partial charge in [0, 0.05) is 22.3 Å². The van der Waals surface area contributed by atoms with Crippen LogP contribution in [0.4, 0.5) is 0 Å². The highest BCUT2D eigenvalue weighted by atomic mass is 16.7. The van der Waals surface area contributed by atoms with E-state index in [1.165, 1.54) is 0 Å². The van der Waals surface area contributed by atoms with E-state index in [1.54, 1.807) is 12.1 Å². The van der Waals surface area contributed by atoms with E-state index in [9.17, 15) is 9.59 Å². The maximum Gasteiger partial charge on any atom is 0.261 e. The first-order chi connectivity index (χ1) is 23.2. The molecule has 0 saturated carbocycles. The fourth-order valence-corrected chi connectivity index (χ4v) is 5.13. The second-order valence-electron chi connectivity index (χ2n) is 12.1. The average Bonchev–Trinajstić information content (AvgIpc) is 3.11. The van der Waals surface area contributed by atoms with Gasteiger partial charge in [0.25, 0.3) is 11.6 Å². The van der Waals surface area contributed by atoms with Crippen LogP contribution >= 0.6 is 0 Å². The lowest BCUT2D eigenvalue weighted by Crippen LogP contribution is -2.45. The Balaban J connectivity index is 0.000000261. The number of ketones is 2. The molecule has 0 bridgehead atoms. The molecule has 6 nitrogen and oxygen atoms in total. The predicted molar refractivity (Wildman–Crippen MR) is 192 cm³/mol. The molecule has 0 spiro atoms. The number of carbonyl (C=O) groups excluding carboxylic acids is 2. The van der Waals surface area contributed by atoms with Gasteiger partial charge in [0.05, 0.1) is 25.4 Å². The molecule has 0 aliphatic rings. The van der Waals surface area contributed by atoms with E-state index in [0.717, 1.165) is 31.2 Å². The number of rotatable bonds is 18. The summed E-state index contributed by atoms with van der Waals surface area (Å²) in [5.74, 6) is -3.16. The normalized spacial score (nSPS) is 11.7. The Morgan fingerprint density at radius 2 is 0.812 bits per heavy atom. The number of carbonyl (C=O) groups is 2. The van der Waals surface area contributed by atoms with Gasteiger partial charge in [-0.3, -0.25) is 9.59 Å². The number of Topliss-reactive ketones (excluding diaryl/α,β-unsaturated/α-hetero) is 2. The molecule has 4 rings (SSSR count). The van der Waals surface area contributed by atoms with Crippen molar-refractivity contribution in [3.63, 3.8) is 0 Å². The molecule has 256 valence electrons. The van der Waals surface area contributed by atoms with Crippen molar-refractivity contribution in [2.24, 2.45) is 0 Å². The first kappa shape index (κ1) is 38.5. The Labute approximate surface area is 287 Å². The van der Waals surface area contributed by atoms with Crippen molar-refractivity contribution in [3.8, 4) is 0 Å². The van der Waals surface area contributed by atoms with E-state index < -0.39 is 11.6 Å². The number of benzene rings is 4. The van der Waals surface area contributed by atoms with Crippen molar-refractivity contribution >= 4 is 11.6 Å². The molecule has 0 N–H and O–H groups in total. The summed E-state index contributed by atoms with van der Waals surface area (Å²) in [6, 6.07) is 37.3. The zero-order chi connectivity index (χ0) is 34.8. The first-order valence-electron chi connectivity index (χ1n) is 17.1. The van der Waals surface area contributed by atoms with Crippen LogP contribution in [0.15, 0.2) is 121 Å². The molecule has 0 aliphatic carbocycles. The molecule has 4 aromatic rings. The van der Waals surface area contributed by atoms with E-state index in [2.05, 4.69) is 13.8 Å². The molecule has 0 fully saturated rings. The number of ether oxygens (including phenoxy) is 4. The molecule has 0 amide bonds. The van der Waals surface area contributed by atoms with Crippen LogP contribution in [0.5, 0.6) is 0 Å². The molecule has 0 radical (unpaired) electrons. The lowest BCUT2D eigenvalue weighted by molar-refractivity contribution is -0.242. The minimum atomic E-state index is -1.44. The smallest absolute Gasteiger partial charge is 0.261 e. The molecule has 48 heavy (non-hydrogen) atoms. The predicted octanol–water partition coefficient (Wildman–Crippen LogP) is 9.93. The highest BCUT2D eigenvalue weighted by molar-refractivity contribution is 6.02. The van der Waals surface area contributed by atoms with Gasteiger partial charge >= 0.3 is 0 Å². The third kappa shape index (κ3) is 10.5. The summed E-state index contributed by atoms with van der Waals surface area (Å²) in [7, 11) is 0. The number of hydrogen-bond acceptors (Lipinski definition) is 6. The average molecular weight is 653 g/mol. The Morgan fingerprint density at radius 1 is 0.500 bits per heavy atom. The summed E-state index contributed by atoms with van der Waals surface area (Å²) in [5.41, 5.74) is 2.62. The van der Waals surface area contributed by atoms with E-state index in [4.69, 9.17) is 18.9 Å². The van der Waals surface area contributed by atoms with Crippen LogP contribution in [-0.2, 0) is 30.5 Å². The Kier molecular flexibility index (Phi) is 15.9.